The highest BCUT2D eigenvalue weighted by Gasteiger charge is 2.10. The lowest BCUT2D eigenvalue weighted by molar-refractivity contribution is 0.102. The van der Waals surface area contributed by atoms with Crippen LogP contribution in [0, 0.1) is 12.7 Å². The van der Waals surface area contributed by atoms with Crippen LogP contribution in [-0.4, -0.2) is 26.1 Å². The zero-order valence-corrected chi connectivity index (χ0v) is 11.7. The molecule has 110 valence electrons. The molecule has 7 heteroatoms. The zero-order valence-electron chi connectivity index (χ0n) is 11.7. The minimum Gasteiger partial charge on any atom is -0.322 e. The average molecular weight is 297 g/mol. The van der Waals surface area contributed by atoms with Gasteiger partial charge in [0.2, 0.25) is 0 Å². The molecule has 0 aliphatic heterocycles. The van der Waals surface area contributed by atoms with Crippen molar-refractivity contribution in [2.75, 3.05) is 5.32 Å². The molecule has 0 aliphatic carbocycles. The van der Waals surface area contributed by atoms with Gasteiger partial charge in [0.25, 0.3) is 5.91 Å². The zero-order chi connectivity index (χ0) is 15.5. The quantitative estimate of drug-likeness (QED) is 0.805. The molecule has 0 unspecified atom stereocenters. The Balaban J connectivity index is 1.86. The largest absolute Gasteiger partial charge is 0.322 e. The van der Waals surface area contributed by atoms with Crippen molar-refractivity contribution in [3.8, 4) is 5.69 Å². The third kappa shape index (κ3) is 2.83. The number of nitrogens with one attached hydrogen (secondary N) is 1. The second kappa shape index (κ2) is 5.72. The number of anilines is 1. The Kier molecular flexibility index (Phi) is 3.61. The van der Waals surface area contributed by atoms with E-state index in [1.807, 2.05) is 0 Å². The molecule has 2 aromatic carbocycles. The van der Waals surface area contributed by atoms with Crippen LogP contribution >= 0.6 is 0 Å². The number of hydrogen-bond donors (Lipinski definition) is 1. The standard InChI is InChI=1S/C15H12FN5O/c1-10-5-6-12(16)8-14(10)18-15(22)11-3-2-4-13(7-11)21-9-17-19-20-21/h2-9H,1H3,(H,18,22). The number of carbonyl (C=O) groups excluding carboxylic acids is 1. The Hall–Kier alpha value is -3.09. The van der Waals surface area contributed by atoms with Crippen molar-refractivity contribution in [3.05, 3.63) is 65.7 Å². The first-order valence-electron chi connectivity index (χ1n) is 6.54. The molecule has 1 heterocycles. The summed E-state index contributed by atoms with van der Waals surface area (Å²) in [6.45, 7) is 1.80. The van der Waals surface area contributed by atoms with E-state index in [4.69, 9.17) is 0 Å². The van der Waals surface area contributed by atoms with E-state index in [-0.39, 0.29) is 5.91 Å². The van der Waals surface area contributed by atoms with Gasteiger partial charge in [0.05, 0.1) is 5.69 Å². The molecule has 0 saturated carbocycles. The molecule has 0 atom stereocenters. The van der Waals surface area contributed by atoms with Crippen LogP contribution < -0.4 is 5.32 Å². The summed E-state index contributed by atoms with van der Waals surface area (Å²) in [4.78, 5) is 12.3. The molecular weight excluding hydrogens is 285 g/mol. The van der Waals surface area contributed by atoms with Gasteiger partial charge in [-0.1, -0.05) is 12.1 Å². The number of halogens is 1. The third-order valence-electron chi connectivity index (χ3n) is 3.17. The SMILES string of the molecule is Cc1ccc(F)cc1NC(=O)c1cccc(-n2cnnn2)c1. The molecule has 6 nitrogen and oxygen atoms in total. The van der Waals surface area contributed by atoms with Crippen molar-refractivity contribution in [2.24, 2.45) is 0 Å². The summed E-state index contributed by atoms with van der Waals surface area (Å²) in [5.74, 6) is -0.730. The van der Waals surface area contributed by atoms with Crippen molar-refractivity contribution in [1.82, 2.24) is 20.2 Å². The van der Waals surface area contributed by atoms with Gasteiger partial charge in [0.1, 0.15) is 12.1 Å². The number of carbonyl (C=O) groups is 1. The number of aryl methyl sites for hydroxylation is 1. The molecule has 1 amide bonds. The summed E-state index contributed by atoms with van der Waals surface area (Å²) >= 11 is 0. The summed E-state index contributed by atoms with van der Waals surface area (Å²) in [6.07, 6.45) is 1.44. The van der Waals surface area contributed by atoms with Gasteiger partial charge in [-0.05, 0) is 53.2 Å². The smallest absolute Gasteiger partial charge is 0.255 e. The minimum atomic E-state index is -0.400. The maximum absolute atomic E-state index is 13.3. The molecule has 0 bridgehead atoms. The van der Waals surface area contributed by atoms with Crippen LogP contribution in [0.4, 0.5) is 10.1 Å². The van der Waals surface area contributed by atoms with Crippen LogP contribution in [0.25, 0.3) is 5.69 Å². The second-order valence-electron chi connectivity index (χ2n) is 4.72. The second-order valence-corrected chi connectivity index (χ2v) is 4.72. The van der Waals surface area contributed by atoms with E-state index >= 15 is 0 Å². The van der Waals surface area contributed by atoms with Crippen molar-refractivity contribution in [1.29, 1.82) is 0 Å². The molecule has 0 aliphatic rings. The Morgan fingerprint density at radius 1 is 1.23 bits per heavy atom. The van der Waals surface area contributed by atoms with Crippen LogP contribution in [0.15, 0.2) is 48.8 Å². The average Bonchev–Trinajstić information content (AvgIpc) is 3.05. The molecule has 3 rings (SSSR count). The topological polar surface area (TPSA) is 72.7 Å². The van der Waals surface area contributed by atoms with E-state index in [0.29, 0.717) is 16.9 Å². The third-order valence-corrected chi connectivity index (χ3v) is 3.17. The molecule has 1 aromatic heterocycles. The summed E-state index contributed by atoms with van der Waals surface area (Å²) in [6, 6.07) is 11.1. The number of benzene rings is 2. The fourth-order valence-electron chi connectivity index (χ4n) is 1.99. The van der Waals surface area contributed by atoms with E-state index in [1.54, 1.807) is 37.3 Å². The predicted molar refractivity (Wildman–Crippen MR) is 78.2 cm³/mol. The lowest BCUT2D eigenvalue weighted by atomic mass is 10.1. The molecule has 3 aromatic rings. The van der Waals surface area contributed by atoms with Gasteiger partial charge in [0, 0.05) is 11.3 Å². The van der Waals surface area contributed by atoms with Gasteiger partial charge in [0.15, 0.2) is 0 Å². The number of rotatable bonds is 3. The van der Waals surface area contributed by atoms with E-state index < -0.39 is 5.82 Å². The maximum atomic E-state index is 13.3. The summed E-state index contributed by atoms with van der Waals surface area (Å²) in [5.41, 5.74) is 2.31. The first-order valence-corrected chi connectivity index (χ1v) is 6.54. The summed E-state index contributed by atoms with van der Waals surface area (Å²) in [5, 5.41) is 13.6. The predicted octanol–water partition coefficient (Wildman–Crippen LogP) is 2.36. The van der Waals surface area contributed by atoms with Gasteiger partial charge in [-0.3, -0.25) is 4.79 Å². The Labute approximate surface area is 125 Å². The molecule has 0 spiro atoms. The lowest BCUT2D eigenvalue weighted by Gasteiger charge is -2.09. The van der Waals surface area contributed by atoms with Gasteiger partial charge in [-0.15, -0.1) is 5.10 Å². The molecule has 1 N–H and O–H groups in total. The van der Waals surface area contributed by atoms with Crippen LogP contribution in [-0.2, 0) is 0 Å². The number of aromatic nitrogens is 4. The van der Waals surface area contributed by atoms with Crippen molar-refractivity contribution < 1.29 is 9.18 Å². The van der Waals surface area contributed by atoms with Gasteiger partial charge < -0.3 is 5.32 Å². The van der Waals surface area contributed by atoms with E-state index in [9.17, 15) is 9.18 Å². The number of hydrogen-bond acceptors (Lipinski definition) is 4. The first kappa shape index (κ1) is 13.9. The monoisotopic (exact) mass is 297 g/mol. The fourth-order valence-corrected chi connectivity index (χ4v) is 1.99. The van der Waals surface area contributed by atoms with Crippen molar-refractivity contribution in [2.45, 2.75) is 6.92 Å². The van der Waals surface area contributed by atoms with Crippen LogP contribution in [0.2, 0.25) is 0 Å². The van der Waals surface area contributed by atoms with Crippen molar-refractivity contribution >= 4 is 11.6 Å². The van der Waals surface area contributed by atoms with Crippen LogP contribution in [0.3, 0.4) is 0 Å². The lowest BCUT2D eigenvalue weighted by Crippen LogP contribution is -2.13. The van der Waals surface area contributed by atoms with E-state index in [2.05, 4.69) is 20.8 Å². The van der Waals surface area contributed by atoms with Crippen molar-refractivity contribution in [3.63, 3.8) is 0 Å². The highest BCUT2D eigenvalue weighted by atomic mass is 19.1. The summed E-state index contributed by atoms with van der Waals surface area (Å²) < 4.78 is 14.7. The first-order chi connectivity index (χ1) is 10.6. The van der Waals surface area contributed by atoms with Gasteiger partial charge in [-0.25, -0.2) is 9.07 Å². The highest BCUT2D eigenvalue weighted by molar-refractivity contribution is 6.04. The Bertz CT molecular complexity index is 817. The highest BCUT2D eigenvalue weighted by Crippen LogP contribution is 2.18. The Morgan fingerprint density at radius 3 is 2.86 bits per heavy atom. The van der Waals surface area contributed by atoms with Crippen LogP contribution in [0.5, 0.6) is 0 Å². The van der Waals surface area contributed by atoms with Gasteiger partial charge in [-0.2, -0.15) is 0 Å². The van der Waals surface area contributed by atoms with E-state index in [1.165, 1.54) is 23.1 Å². The molecule has 0 saturated heterocycles. The number of nitrogens with zero attached hydrogens (tertiary/aromatic N) is 4. The summed E-state index contributed by atoms with van der Waals surface area (Å²) in [7, 11) is 0. The normalized spacial score (nSPS) is 10.5. The molecule has 0 radical (unpaired) electrons. The molecule has 22 heavy (non-hydrogen) atoms. The maximum Gasteiger partial charge on any atom is 0.255 e. The number of amides is 1. The molecule has 0 fully saturated rings. The van der Waals surface area contributed by atoms with Crippen LogP contribution in [0.1, 0.15) is 15.9 Å². The number of tetrazole rings is 1. The van der Waals surface area contributed by atoms with Gasteiger partial charge >= 0.3 is 0 Å². The molecular formula is C15H12FN5O. The fraction of sp³-hybridized carbons (Fsp3) is 0.0667. The van der Waals surface area contributed by atoms with E-state index in [0.717, 1.165) is 5.56 Å². The Morgan fingerprint density at radius 2 is 2.09 bits per heavy atom. The minimum absolute atomic E-state index is 0.330.